The van der Waals surface area contributed by atoms with Gasteiger partial charge < -0.3 is 29.5 Å². The van der Waals surface area contributed by atoms with E-state index in [1.807, 2.05) is 0 Å². The van der Waals surface area contributed by atoms with Gasteiger partial charge >= 0.3 is 17.9 Å². The van der Waals surface area contributed by atoms with Gasteiger partial charge in [0.25, 0.3) is 5.60 Å². The summed E-state index contributed by atoms with van der Waals surface area (Å²) in [6.07, 6.45) is -3.65. The summed E-state index contributed by atoms with van der Waals surface area (Å²) in [6, 6.07) is 0. The van der Waals surface area contributed by atoms with Crippen LogP contribution in [0.5, 0.6) is 0 Å². The second kappa shape index (κ2) is 6.61. The van der Waals surface area contributed by atoms with Crippen LogP contribution in [-0.2, 0) is 33.4 Å². The molecule has 3 unspecified atom stereocenters. The number of hydrogen-bond donors (Lipinski definition) is 3. The first-order valence-electron chi connectivity index (χ1n) is 5.80. The van der Waals surface area contributed by atoms with Crippen LogP contribution in [0.1, 0.15) is 6.92 Å². The van der Waals surface area contributed by atoms with Crippen LogP contribution in [0.2, 0.25) is 0 Å². The molecule has 21 heavy (non-hydrogen) atoms. The van der Waals surface area contributed by atoms with Gasteiger partial charge in [0.15, 0.2) is 5.78 Å². The summed E-state index contributed by atoms with van der Waals surface area (Å²) in [5.74, 6) is -5.31. The van der Waals surface area contributed by atoms with Crippen molar-refractivity contribution in [3.05, 3.63) is 0 Å². The molecule has 10 nitrogen and oxygen atoms in total. The number of Topliss-reactive ketones (excluding diaryl/α,β-unsaturated/α-hetero) is 1. The molecule has 0 radical (unpaired) electrons. The largest absolute Gasteiger partial charge is 0.445 e. The normalized spacial score (nSPS) is 30.4. The highest BCUT2D eigenvalue weighted by Gasteiger charge is 2.52. The first-order valence-corrected chi connectivity index (χ1v) is 5.80. The lowest BCUT2D eigenvalue weighted by Gasteiger charge is -2.26. The topological polar surface area (TPSA) is 157 Å². The van der Waals surface area contributed by atoms with E-state index in [1.165, 1.54) is 0 Å². The Hall–Kier alpha value is -2.04. The number of aliphatic hydroxyl groups is 3. The van der Waals surface area contributed by atoms with Gasteiger partial charge in [-0.25, -0.2) is 14.4 Å². The number of carbonyl (C=O) groups excluding carboxylic acids is 4. The third-order valence-electron chi connectivity index (χ3n) is 2.76. The van der Waals surface area contributed by atoms with Gasteiger partial charge in [-0.15, -0.1) is 0 Å². The summed E-state index contributed by atoms with van der Waals surface area (Å²) in [7, 11) is 0. The van der Waals surface area contributed by atoms with E-state index < -0.39 is 61.3 Å². The first kappa shape index (κ1) is 17.0. The fraction of sp³-hybridized carbons (Fsp3) is 0.636. The SMILES string of the molecule is CC(=O)C1(CO)OC(=O)C(CO)OC(=O)C(CO)OC1=O. The van der Waals surface area contributed by atoms with E-state index in [9.17, 15) is 24.3 Å². The zero-order valence-electron chi connectivity index (χ0n) is 11.0. The molecule has 1 saturated heterocycles. The van der Waals surface area contributed by atoms with Gasteiger partial charge in [0.05, 0.1) is 13.2 Å². The van der Waals surface area contributed by atoms with Gasteiger partial charge in [0.2, 0.25) is 12.2 Å². The number of ether oxygens (including phenoxy) is 3. The van der Waals surface area contributed by atoms with Crippen LogP contribution in [0.4, 0.5) is 0 Å². The second-order valence-electron chi connectivity index (χ2n) is 4.15. The quantitative estimate of drug-likeness (QED) is 0.272. The predicted octanol–water partition coefficient (Wildman–Crippen LogP) is -3.33. The van der Waals surface area contributed by atoms with E-state index in [-0.39, 0.29) is 0 Å². The molecule has 0 aliphatic carbocycles. The molecule has 1 aliphatic rings. The molecule has 0 bridgehead atoms. The lowest BCUT2D eigenvalue weighted by atomic mass is 10.0. The maximum absolute atomic E-state index is 11.9. The molecule has 10 heteroatoms. The zero-order valence-corrected chi connectivity index (χ0v) is 11.0. The average molecular weight is 306 g/mol. The molecule has 1 rings (SSSR count). The summed E-state index contributed by atoms with van der Waals surface area (Å²) < 4.78 is 13.6. The fourth-order valence-corrected chi connectivity index (χ4v) is 1.46. The molecule has 0 aromatic rings. The Bertz CT molecular complexity index is 456. The summed E-state index contributed by atoms with van der Waals surface area (Å²) in [4.78, 5) is 46.8. The van der Waals surface area contributed by atoms with Gasteiger partial charge in [-0.3, -0.25) is 4.79 Å². The van der Waals surface area contributed by atoms with Crippen molar-refractivity contribution in [1.82, 2.24) is 0 Å². The number of carbonyl (C=O) groups is 4. The minimum Gasteiger partial charge on any atom is -0.445 e. The van der Waals surface area contributed by atoms with Crippen LogP contribution in [0.3, 0.4) is 0 Å². The minimum absolute atomic E-state index is 0.854. The number of hydrogen-bond acceptors (Lipinski definition) is 10. The van der Waals surface area contributed by atoms with E-state index in [0.29, 0.717) is 0 Å². The lowest BCUT2D eigenvalue weighted by molar-refractivity contribution is -0.193. The highest BCUT2D eigenvalue weighted by molar-refractivity contribution is 6.08. The Labute approximate surface area is 118 Å². The molecule has 1 heterocycles. The molecule has 0 aromatic heterocycles. The zero-order chi connectivity index (χ0) is 16.2. The fourth-order valence-electron chi connectivity index (χ4n) is 1.46. The van der Waals surface area contributed by atoms with Gasteiger partial charge in [0, 0.05) is 0 Å². The highest BCUT2D eigenvalue weighted by atomic mass is 16.7. The number of cyclic esters (lactones) is 3. The molecule has 0 saturated carbocycles. The first-order chi connectivity index (χ1) is 9.82. The van der Waals surface area contributed by atoms with Crippen LogP contribution in [0.15, 0.2) is 0 Å². The monoisotopic (exact) mass is 306 g/mol. The molecule has 118 valence electrons. The van der Waals surface area contributed by atoms with E-state index in [1.54, 1.807) is 0 Å². The number of aliphatic hydroxyl groups excluding tert-OH is 3. The molecular formula is C11H14O10. The molecule has 0 amide bonds. The van der Waals surface area contributed by atoms with Crippen molar-refractivity contribution in [1.29, 1.82) is 0 Å². The van der Waals surface area contributed by atoms with E-state index >= 15 is 0 Å². The molecule has 1 aliphatic heterocycles. The lowest BCUT2D eigenvalue weighted by Crippen LogP contribution is -2.55. The average Bonchev–Trinajstić information content (AvgIpc) is 2.49. The second-order valence-corrected chi connectivity index (χ2v) is 4.15. The summed E-state index contributed by atoms with van der Waals surface area (Å²) >= 11 is 0. The third-order valence-corrected chi connectivity index (χ3v) is 2.76. The molecule has 3 N–H and O–H groups in total. The maximum atomic E-state index is 11.9. The van der Waals surface area contributed by atoms with Crippen molar-refractivity contribution < 1.29 is 48.7 Å². The van der Waals surface area contributed by atoms with E-state index in [2.05, 4.69) is 14.2 Å². The van der Waals surface area contributed by atoms with Crippen molar-refractivity contribution >= 4 is 23.7 Å². The summed E-state index contributed by atoms with van der Waals surface area (Å²) in [6.45, 7) is -2.36. The standard InChI is InChI=1S/C11H14O10/c1-5(15)11(4-14)10(18)20-6(2-12)8(16)19-7(3-13)9(17)21-11/h6-7,12-14H,2-4H2,1H3. The van der Waals surface area contributed by atoms with Gasteiger partial charge in [-0.05, 0) is 6.92 Å². The van der Waals surface area contributed by atoms with Gasteiger partial charge in [-0.2, -0.15) is 0 Å². The molecule has 0 spiro atoms. The Balaban J connectivity index is 3.30. The van der Waals surface area contributed by atoms with Crippen molar-refractivity contribution in [3.8, 4) is 0 Å². The van der Waals surface area contributed by atoms with Crippen LogP contribution in [0.25, 0.3) is 0 Å². The number of esters is 3. The molecular weight excluding hydrogens is 292 g/mol. The molecule has 0 aromatic carbocycles. The molecule has 1 fully saturated rings. The molecule has 3 atom stereocenters. The predicted molar refractivity (Wildman–Crippen MR) is 60.5 cm³/mol. The van der Waals surface area contributed by atoms with E-state index in [0.717, 1.165) is 6.92 Å². The van der Waals surface area contributed by atoms with Crippen LogP contribution in [-0.4, -0.2) is 76.6 Å². The van der Waals surface area contributed by atoms with Crippen LogP contribution >= 0.6 is 0 Å². The van der Waals surface area contributed by atoms with E-state index in [4.69, 9.17) is 10.2 Å². The number of rotatable bonds is 4. The Morgan fingerprint density at radius 3 is 2.00 bits per heavy atom. The maximum Gasteiger partial charge on any atom is 0.361 e. The Morgan fingerprint density at radius 2 is 1.57 bits per heavy atom. The smallest absolute Gasteiger partial charge is 0.361 e. The summed E-state index contributed by atoms with van der Waals surface area (Å²) in [5.41, 5.74) is -2.69. The Kier molecular flexibility index (Phi) is 5.35. The van der Waals surface area contributed by atoms with Crippen LogP contribution < -0.4 is 0 Å². The number of ketones is 1. The van der Waals surface area contributed by atoms with Crippen molar-refractivity contribution in [2.24, 2.45) is 0 Å². The minimum atomic E-state index is -2.69. The van der Waals surface area contributed by atoms with Crippen LogP contribution in [0, 0.1) is 0 Å². The highest BCUT2D eigenvalue weighted by Crippen LogP contribution is 2.20. The third kappa shape index (κ3) is 3.17. The Morgan fingerprint density at radius 1 is 1.05 bits per heavy atom. The van der Waals surface area contributed by atoms with Gasteiger partial charge in [0.1, 0.15) is 6.61 Å². The van der Waals surface area contributed by atoms with Gasteiger partial charge in [-0.1, -0.05) is 0 Å². The summed E-state index contributed by atoms with van der Waals surface area (Å²) in [5, 5.41) is 27.2. The van der Waals surface area contributed by atoms with Crippen molar-refractivity contribution in [2.45, 2.75) is 24.7 Å². The van der Waals surface area contributed by atoms with Crippen molar-refractivity contribution in [2.75, 3.05) is 19.8 Å². The van der Waals surface area contributed by atoms with Crippen molar-refractivity contribution in [3.63, 3.8) is 0 Å².